The fourth-order valence-corrected chi connectivity index (χ4v) is 1.89. The van der Waals surface area contributed by atoms with Crippen molar-refractivity contribution in [2.75, 3.05) is 7.11 Å². The molecule has 0 aliphatic carbocycles. The molecule has 2 N–H and O–H groups in total. The minimum absolute atomic E-state index is 0.247. The molecule has 0 fully saturated rings. The van der Waals surface area contributed by atoms with Gasteiger partial charge in [-0.3, -0.25) is 4.79 Å². The van der Waals surface area contributed by atoms with E-state index in [0.29, 0.717) is 18.6 Å². The molecule has 1 rings (SSSR count). The second-order valence-electron chi connectivity index (χ2n) is 4.99. The first-order valence-electron chi connectivity index (χ1n) is 7.25. The van der Waals surface area contributed by atoms with Crippen molar-refractivity contribution in [3.63, 3.8) is 0 Å². The van der Waals surface area contributed by atoms with Crippen molar-refractivity contribution in [2.45, 2.75) is 45.4 Å². The molecule has 0 heterocycles. The van der Waals surface area contributed by atoms with Gasteiger partial charge in [0, 0.05) is 0 Å². The van der Waals surface area contributed by atoms with Crippen LogP contribution >= 0.6 is 0 Å². The van der Waals surface area contributed by atoms with Gasteiger partial charge >= 0.3 is 5.97 Å². The van der Waals surface area contributed by atoms with E-state index >= 15 is 0 Å². The van der Waals surface area contributed by atoms with Crippen LogP contribution in [0.15, 0.2) is 24.3 Å². The second kappa shape index (κ2) is 9.04. The fraction of sp³-hybridized carbons (Fsp3) is 0.500. The van der Waals surface area contributed by atoms with Crippen LogP contribution in [-0.2, 0) is 20.9 Å². The van der Waals surface area contributed by atoms with E-state index in [1.807, 2.05) is 31.2 Å². The zero-order chi connectivity index (χ0) is 16.5. The van der Waals surface area contributed by atoms with Gasteiger partial charge in [0.15, 0.2) is 0 Å². The Hall–Kier alpha value is -2.08. The maximum Gasteiger partial charge on any atom is 0.326 e. The summed E-state index contributed by atoms with van der Waals surface area (Å²) in [6.07, 6.45) is 0.338. The Balaban J connectivity index is 2.51. The topological polar surface area (TPSA) is 84.9 Å². The molecule has 0 radical (unpaired) electrons. The third kappa shape index (κ3) is 5.73. The van der Waals surface area contributed by atoms with Gasteiger partial charge in [0.25, 0.3) is 0 Å². The molecule has 6 nitrogen and oxygen atoms in total. The standard InChI is InChI=1S/C16H23NO5/c1-4-6-14(16(19)20)17-15(18)11(2)22-10-12-7-5-8-13(9-12)21-3/h5,7-9,11,14H,4,6,10H2,1-3H3,(H,17,18)(H,19,20). The highest BCUT2D eigenvalue weighted by Gasteiger charge is 2.22. The lowest BCUT2D eigenvalue weighted by Crippen LogP contribution is -2.45. The monoisotopic (exact) mass is 309 g/mol. The molecule has 6 heteroatoms. The maximum absolute atomic E-state index is 12.0. The average molecular weight is 309 g/mol. The Morgan fingerprint density at radius 2 is 2.09 bits per heavy atom. The van der Waals surface area contributed by atoms with Gasteiger partial charge in [0.2, 0.25) is 5.91 Å². The minimum Gasteiger partial charge on any atom is -0.497 e. The van der Waals surface area contributed by atoms with Gasteiger partial charge < -0.3 is 19.9 Å². The van der Waals surface area contributed by atoms with Crippen LogP contribution in [0.1, 0.15) is 32.3 Å². The van der Waals surface area contributed by atoms with E-state index in [0.717, 1.165) is 5.56 Å². The first-order valence-corrected chi connectivity index (χ1v) is 7.25. The summed E-state index contributed by atoms with van der Waals surface area (Å²) >= 11 is 0. The summed E-state index contributed by atoms with van der Waals surface area (Å²) in [7, 11) is 1.58. The summed E-state index contributed by atoms with van der Waals surface area (Å²) in [4.78, 5) is 23.0. The highest BCUT2D eigenvalue weighted by molar-refractivity contribution is 5.86. The molecule has 1 aromatic rings. The summed E-state index contributed by atoms with van der Waals surface area (Å²) in [6, 6.07) is 6.47. The van der Waals surface area contributed by atoms with Crippen molar-refractivity contribution in [1.29, 1.82) is 0 Å². The molecule has 0 bridgehead atoms. The minimum atomic E-state index is -1.03. The van der Waals surface area contributed by atoms with Crippen molar-refractivity contribution >= 4 is 11.9 Å². The van der Waals surface area contributed by atoms with Gasteiger partial charge in [-0.05, 0) is 31.0 Å². The predicted octanol–water partition coefficient (Wildman–Crippen LogP) is 1.97. The third-order valence-electron chi connectivity index (χ3n) is 3.20. The number of hydrogen-bond donors (Lipinski definition) is 2. The van der Waals surface area contributed by atoms with Crippen LogP contribution in [0.2, 0.25) is 0 Å². The molecule has 2 unspecified atom stereocenters. The van der Waals surface area contributed by atoms with Gasteiger partial charge in [-0.2, -0.15) is 0 Å². The Morgan fingerprint density at radius 3 is 2.68 bits per heavy atom. The van der Waals surface area contributed by atoms with Crippen molar-refractivity contribution < 1.29 is 24.2 Å². The van der Waals surface area contributed by atoms with E-state index in [1.165, 1.54) is 0 Å². The van der Waals surface area contributed by atoms with E-state index in [9.17, 15) is 9.59 Å². The van der Waals surface area contributed by atoms with Crippen LogP contribution in [0, 0.1) is 0 Å². The van der Waals surface area contributed by atoms with Gasteiger partial charge in [0.05, 0.1) is 13.7 Å². The quantitative estimate of drug-likeness (QED) is 0.728. The van der Waals surface area contributed by atoms with Crippen molar-refractivity contribution in [2.24, 2.45) is 0 Å². The number of aliphatic carboxylic acids is 1. The van der Waals surface area contributed by atoms with E-state index in [-0.39, 0.29) is 6.61 Å². The average Bonchev–Trinajstić information content (AvgIpc) is 2.52. The number of amides is 1. The fourth-order valence-electron chi connectivity index (χ4n) is 1.89. The molecule has 0 saturated heterocycles. The summed E-state index contributed by atoms with van der Waals surface area (Å²) < 4.78 is 10.6. The number of ether oxygens (including phenoxy) is 2. The lowest BCUT2D eigenvalue weighted by atomic mass is 10.1. The molecule has 1 amide bonds. The number of methoxy groups -OCH3 is 1. The number of benzene rings is 1. The molecule has 0 spiro atoms. The van der Waals surface area contributed by atoms with Gasteiger partial charge in [0.1, 0.15) is 17.9 Å². The third-order valence-corrected chi connectivity index (χ3v) is 3.20. The van der Waals surface area contributed by atoms with Crippen molar-refractivity contribution in [3.8, 4) is 5.75 Å². The number of carbonyl (C=O) groups excluding carboxylic acids is 1. The second-order valence-corrected chi connectivity index (χ2v) is 4.99. The van der Waals surface area contributed by atoms with Crippen molar-refractivity contribution in [1.82, 2.24) is 5.32 Å². The maximum atomic E-state index is 12.0. The molecule has 22 heavy (non-hydrogen) atoms. The van der Waals surface area contributed by atoms with Gasteiger partial charge in [-0.1, -0.05) is 25.5 Å². The SMILES string of the molecule is CCCC(NC(=O)C(C)OCc1cccc(OC)c1)C(=O)O. The highest BCUT2D eigenvalue weighted by Crippen LogP contribution is 2.14. The smallest absolute Gasteiger partial charge is 0.326 e. The van der Waals surface area contributed by atoms with E-state index in [2.05, 4.69) is 5.32 Å². The first-order chi connectivity index (χ1) is 10.5. The van der Waals surface area contributed by atoms with Crippen LogP contribution in [0.4, 0.5) is 0 Å². The van der Waals surface area contributed by atoms with Crippen LogP contribution in [-0.4, -0.2) is 36.2 Å². The summed E-state index contributed by atoms with van der Waals surface area (Å²) in [5.41, 5.74) is 0.877. The number of nitrogens with one attached hydrogen (secondary N) is 1. The van der Waals surface area contributed by atoms with Gasteiger partial charge in [-0.25, -0.2) is 4.79 Å². The normalized spacial score (nSPS) is 13.2. The molecule has 0 aromatic heterocycles. The lowest BCUT2D eigenvalue weighted by Gasteiger charge is -2.18. The summed E-state index contributed by atoms with van der Waals surface area (Å²) in [5.74, 6) is -0.744. The van der Waals surface area contributed by atoms with Crippen LogP contribution in [0.5, 0.6) is 5.75 Å². The predicted molar refractivity (Wildman–Crippen MR) is 81.7 cm³/mol. The number of rotatable bonds is 9. The van der Waals surface area contributed by atoms with Gasteiger partial charge in [-0.15, -0.1) is 0 Å². The zero-order valence-electron chi connectivity index (χ0n) is 13.2. The number of carboxylic acids is 1. The largest absolute Gasteiger partial charge is 0.497 e. The van der Waals surface area contributed by atoms with Crippen LogP contribution in [0.3, 0.4) is 0 Å². The molecule has 0 saturated carbocycles. The van der Waals surface area contributed by atoms with E-state index < -0.39 is 24.0 Å². The molecule has 1 aromatic carbocycles. The number of carboxylic acid groups (broad SMARTS) is 1. The summed E-state index contributed by atoms with van der Waals surface area (Å²) in [5, 5.41) is 11.5. The van der Waals surface area contributed by atoms with E-state index in [4.69, 9.17) is 14.6 Å². The lowest BCUT2D eigenvalue weighted by molar-refractivity contribution is -0.144. The molecular weight excluding hydrogens is 286 g/mol. The summed E-state index contributed by atoms with van der Waals surface area (Å²) in [6.45, 7) is 3.71. The Bertz CT molecular complexity index is 503. The molecule has 122 valence electrons. The first kappa shape index (κ1) is 18.0. The van der Waals surface area contributed by atoms with E-state index in [1.54, 1.807) is 14.0 Å². The molecule has 0 aliphatic rings. The molecule has 0 aliphatic heterocycles. The Kier molecular flexibility index (Phi) is 7.39. The Morgan fingerprint density at radius 1 is 1.36 bits per heavy atom. The molecular formula is C16H23NO5. The molecule has 2 atom stereocenters. The Labute approximate surface area is 130 Å². The number of carbonyl (C=O) groups is 2. The van der Waals surface area contributed by atoms with Crippen molar-refractivity contribution in [3.05, 3.63) is 29.8 Å². The van der Waals surface area contributed by atoms with Crippen LogP contribution < -0.4 is 10.1 Å². The highest BCUT2D eigenvalue weighted by atomic mass is 16.5. The zero-order valence-corrected chi connectivity index (χ0v) is 13.2. The number of hydrogen-bond acceptors (Lipinski definition) is 4. The van der Waals surface area contributed by atoms with Crippen LogP contribution in [0.25, 0.3) is 0 Å².